The van der Waals surface area contributed by atoms with Gasteiger partial charge in [0.15, 0.2) is 0 Å². The Hall–Kier alpha value is -2.14. The van der Waals surface area contributed by atoms with Crippen LogP contribution in [0.25, 0.3) is 0 Å². The van der Waals surface area contributed by atoms with E-state index >= 15 is 0 Å². The number of aromatic nitrogens is 2. The summed E-state index contributed by atoms with van der Waals surface area (Å²) in [6.45, 7) is 4.25. The molecular weight excluding hydrogens is 362 g/mol. The number of carbonyl (C=O) groups is 1. The lowest BCUT2D eigenvalue weighted by atomic mass is 9.70. The molecule has 0 spiro atoms. The van der Waals surface area contributed by atoms with Crippen LogP contribution < -0.4 is 5.32 Å². The molecule has 156 valence electrons. The van der Waals surface area contributed by atoms with Crippen LogP contribution in [-0.2, 0) is 22.5 Å². The van der Waals surface area contributed by atoms with Crippen molar-refractivity contribution in [2.75, 3.05) is 13.2 Å². The number of ether oxygens (including phenoxy) is 1. The van der Waals surface area contributed by atoms with Gasteiger partial charge >= 0.3 is 0 Å². The minimum atomic E-state index is -0.186. The molecule has 2 heterocycles. The van der Waals surface area contributed by atoms with E-state index in [1.54, 1.807) is 6.20 Å². The van der Waals surface area contributed by atoms with E-state index in [2.05, 4.69) is 47.7 Å². The van der Waals surface area contributed by atoms with E-state index in [0.717, 1.165) is 31.6 Å². The van der Waals surface area contributed by atoms with Crippen LogP contribution in [0.2, 0.25) is 0 Å². The van der Waals surface area contributed by atoms with Crippen LogP contribution in [0.1, 0.15) is 62.8 Å². The van der Waals surface area contributed by atoms with E-state index in [1.165, 1.54) is 37.7 Å². The van der Waals surface area contributed by atoms with Crippen LogP contribution >= 0.6 is 0 Å². The maximum Gasteiger partial charge on any atom is 0.226 e. The molecular formula is C24H33N3O2. The summed E-state index contributed by atoms with van der Waals surface area (Å²) in [7, 11) is 0. The molecule has 29 heavy (non-hydrogen) atoms. The van der Waals surface area contributed by atoms with E-state index in [4.69, 9.17) is 4.74 Å². The maximum absolute atomic E-state index is 13.2. The monoisotopic (exact) mass is 395 g/mol. The van der Waals surface area contributed by atoms with Crippen molar-refractivity contribution in [2.24, 2.45) is 11.3 Å². The number of nitrogens with zero attached hydrogens (tertiary/aromatic N) is 2. The Morgan fingerprint density at radius 3 is 2.76 bits per heavy atom. The molecule has 1 N–H and O–H groups in total. The van der Waals surface area contributed by atoms with E-state index in [-0.39, 0.29) is 23.3 Å². The Morgan fingerprint density at radius 1 is 1.21 bits per heavy atom. The predicted molar refractivity (Wildman–Crippen MR) is 113 cm³/mol. The summed E-state index contributed by atoms with van der Waals surface area (Å²) in [5.41, 5.74) is 2.56. The molecule has 0 unspecified atom stereocenters. The van der Waals surface area contributed by atoms with Gasteiger partial charge in [0.1, 0.15) is 6.10 Å². The van der Waals surface area contributed by atoms with Crippen LogP contribution in [0.3, 0.4) is 0 Å². The minimum Gasteiger partial charge on any atom is -0.371 e. The lowest BCUT2D eigenvalue weighted by molar-refractivity contribution is -0.127. The van der Waals surface area contributed by atoms with Gasteiger partial charge in [0.25, 0.3) is 0 Å². The normalized spacial score (nSPS) is 23.8. The molecule has 1 aromatic carbocycles. The highest BCUT2D eigenvalue weighted by Crippen LogP contribution is 2.39. The zero-order chi connectivity index (χ0) is 20.1. The van der Waals surface area contributed by atoms with E-state index < -0.39 is 0 Å². The van der Waals surface area contributed by atoms with Gasteiger partial charge in [-0.1, -0.05) is 49.6 Å². The zero-order valence-corrected chi connectivity index (χ0v) is 17.5. The maximum atomic E-state index is 13.2. The highest BCUT2D eigenvalue weighted by atomic mass is 16.5. The molecule has 5 heteroatoms. The number of aryl methyl sites for hydroxylation is 1. The molecule has 1 saturated heterocycles. The van der Waals surface area contributed by atoms with Crippen molar-refractivity contribution < 1.29 is 9.53 Å². The lowest BCUT2D eigenvalue weighted by Gasteiger charge is -2.38. The minimum absolute atomic E-state index is 0.130. The molecule has 1 aromatic heterocycles. The molecule has 2 atom stereocenters. The Balaban J connectivity index is 1.43. The molecule has 2 aliphatic rings. The molecule has 1 amide bonds. The number of amides is 1. The van der Waals surface area contributed by atoms with Gasteiger partial charge in [-0.15, -0.1) is 0 Å². The Morgan fingerprint density at radius 2 is 2.00 bits per heavy atom. The smallest absolute Gasteiger partial charge is 0.226 e. The number of nitrogens with one attached hydrogen (secondary N) is 1. The topological polar surface area (TPSA) is 56.2 Å². The molecule has 1 saturated carbocycles. The van der Waals surface area contributed by atoms with Crippen molar-refractivity contribution in [1.82, 2.24) is 15.1 Å². The van der Waals surface area contributed by atoms with Gasteiger partial charge in [-0.25, -0.2) is 0 Å². The highest BCUT2D eigenvalue weighted by Gasteiger charge is 2.39. The third-order valence-corrected chi connectivity index (χ3v) is 6.74. The van der Waals surface area contributed by atoms with Crippen LogP contribution in [0.5, 0.6) is 0 Å². The molecule has 0 bridgehead atoms. The summed E-state index contributed by atoms with van der Waals surface area (Å²) in [5, 5.41) is 7.69. The molecule has 2 fully saturated rings. The first-order chi connectivity index (χ1) is 14.2. The van der Waals surface area contributed by atoms with Crippen molar-refractivity contribution in [3.8, 4) is 0 Å². The van der Waals surface area contributed by atoms with E-state index in [1.807, 2.05) is 10.7 Å². The van der Waals surface area contributed by atoms with Crippen molar-refractivity contribution in [3.63, 3.8) is 0 Å². The standard InChI is InChI=1S/C24H33N3O2/c1-2-27-21(11-15-26-27)22-20(12-16-29-22)23(28)25-18-24(13-7-4-8-14-24)17-19-9-5-3-6-10-19/h3,5-6,9-11,15,20,22H,2,4,7-8,12-14,16-18H2,1H3,(H,25,28)/t20-,22-/m1/s1. The summed E-state index contributed by atoms with van der Waals surface area (Å²) < 4.78 is 7.90. The summed E-state index contributed by atoms with van der Waals surface area (Å²) in [6, 6.07) is 12.7. The second kappa shape index (κ2) is 9.12. The Kier molecular flexibility index (Phi) is 6.34. The quantitative estimate of drug-likeness (QED) is 0.761. The van der Waals surface area contributed by atoms with Crippen LogP contribution in [0, 0.1) is 11.3 Å². The SMILES string of the molecule is CCn1nccc1[C@@H]1OCC[C@H]1C(=O)NCC1(Cc2ccccc2)CCCCC1. The van der Waals surface area contributed by atoms with Crippen molar-refractivity contribution in [2.45, 2.75) is 64.5 Å². The fraction of sp³-hybridized carbons (Fsp3) is 0.583. The number of hydrogen-bond donors (Lipinski definition) is 1. The van der Waals surface area contributed by atoms with E-state index in [9.17, 15) is 4.79 Å². The van der Waals surface area contributed by atoms with Crippen molar-refractivity contribution >= 4 is 5.91 Å². The molecule has 0 radical (unpaired) electrons. The lowest BCUT2D eigenvalue weighted by Crippen LogP contribution is -2.43. The van der Waals surface area contributed by atoms with Crippen molar-refractivity contribution in [3.05, 3.63) is 53.9 Å². The second-order valence-electron chi connectivity index (χ2n) is 8.70. The molecule has 1 aliphatic heterocycles. The Labute approximate surface area is 173 Å². The first-order valence-electron chi connectivity index (χ1n) is 11.2. The summed E-state index contributed by atoms with van der Waals surface area (Å²) in [6.07, 6.45) is 9.63. The van der Waals surface area contributed by atoms with Gasteiger partial charge in [-0.3, -0.25) is 9.48 Å². The highest BCUT2D eigenvalue weighted by molar-refractivity contribution is 5.79. The zero-order valence-electron chi connectivity index (χ0n) is 17.5. The second-order valence-corrected chi connectivity index (χ2v) is 8.70. The molecule has 1 aliphatic carbocycles. The fourth-order valence-electron chi connectivity index (χ4n) is 5.15. The third kappa shape index (κ3) is 4.55. The van der Waals surface area contributed by atoms with Gasteiger partial charge in [-0.2, -0.15) is 5.10 Å². The summed E-state index contributed by atoms with van der Waals surface area (Å²) >= 11 is 0. The molecule has 4 rings (SSSR count). The average molecular weight is 396 g/mol. The average Bonchev–Trinajstić information content (AvgIpc) is 3.42. The summed E-state index contributed by atoms with van der Waals surface area (Å²) in [5.74, 6) is 0.00345. The Bertz CT molecular complexity index is 795. The van der Waals surface area contributed by atoms with E-state index in [0.29, 0.717) is 6.61 Å². The number of rotatable bonds is 7. The molecule has 2 aromatic rings. The molecule has 5 nitrogen and oxygen atoms in total. The van der Waals surface area contributed by atoms with Gasteiger partial charge in [0.05, 0.1) is 11.6 Å². The third-order valence-electron chi connectivity index (χ3n) is 6.74. The first-order valence-corrected chi connectivity index (χ1v) is 11.2. The van der Waals surface area contributed by atoms with Gasteiger partial charge < -0.3 is 10.1 Å². The number of hydrogen-bond acceptors (Lipinski definition) is 3. The van der Waals surface area contributed by atoms with Crippen molar-refractivity contribution in [1.29, 1.82) is 0 Å². The van der Waals surface area contributed by atoms with Crippen LogP contribution in [0.15, 0.2) is 42.6 Å². The van der Waals surface area contributed by atoms with Gasteiger partial charge in [0, 0.05) is 25.9 Å². The predicted octanol–water partition coefficient (Wildman–Crippen LogP) is 4.29. The number of benzene rings is 1. The fourth-order valence-corrected chi connectivity index (χ4v) is 5.15. The van der Waals surface area contributed by atoms with Gasteiger partial charge in [0.2, 0.25) is 5.91 Å². The van der Waals surface area contributed by atoms with Crippen LogP contribution in [0.4, 0.5) is 0 Å². The largest absolute Gasteiger partial charge is 0.371 e. The number of carbonyl (C=O) groups excluding carboxylic acids is 1. The van der Waals surface area contributed by atoms with Crippen LogP contribution in [-0.4, -0.2) is 28.8 Å². The van der Waals surface area contributed by atoms with Gasteiger partial charge in [-0.05, 0) is 49.7 Å². The summed E-state index contributed by atoms with van der Waals surface area (Å²) in [4.78, 5) is 13.2. The first kappa shape index (κ1) is 20.1.